The standard InChI is InChI=1S/C17H21NO3.ClH/c1-11-12(2)21-17-13(16(11)20)6-7-15(19)14(17)10-18-8-4-3-5-9-18;/h6-7,19H,3-5,8-10H2,1-2H3;1H. The molecule has 3 rings (SSSR count). The zero-order valence-corrected chi connectivity index (χ0v) is 13.8. The molecule has 0 radical (unpaired) electrons. The predicted molar refractivity (Wildman–Crippen MR) is 90.0 cm³/mol. The summed E-state index contributed by atoms with van der Waals surface area (Å²) in [5, 5.41) is 10.8. The first kappa shape index (κ1) is 16.8. The van der Waals surface area contributed by atoms with E-state index in [2.05, 4.69) is 4.90 Å². The number of phenols is 1. The number of fused-ring (bicyclic) bond motifs is 1. The number of benzene rings is 1. The number of hydrogen-bond donors (Lipinski definition) is 1. The molecular weight excluding hydrogens is 302 g/mol. The maximum Gasteiger partial charge on any atom is 0.195 e. The summed E-state index contributed by atoms with van der Waals surface area (Å²) in [6.07, 6.45) is 3.65. The summed E-state index contributed by atoms with van der Waals surface area (Å²) >= 11 is 0. The Labute approximate surface area is 136 Å². The summed E-state index contributed by atoms with van der Waals surface area (Å²) in [5.74, 6) is 0.831. The van der Waals surface area contributed by atoms with Crippen molar-refractivity contribution in [3.8, 4) is 5.75 Å². The Kier molecular flexibility index (Phi) is 5.14. The first-order valence-corrected chi connectivity index (χ1v) is 7.55. The van der Waals surface area contributed by atoms with Crippen molar-refractivity contribution in [2.24, 2.45) is 0 Å². The third-order valence-electron chi connectivity index (χ3n) is 4.43. The Bertz CT molecular complexity index is 733. The second-order valence-electron chi connectivity index (χ2n) is 5.89. The number of aryl methyl sites for hydroxylation is 1. The van der Waals surface area contributed by atoms with Gasteiger partial charge in [-0.05, 0) is 51.9 Å². The molecule has 1 aliphatic heterocycles. The second-order valence-corrected chi connectivity index (χ2v) is 5.89. The van der Waals surface area contributed by atoms with E-state index in [0.29, 0.717) is 28.8 Å². The van der Waals surface area contributed by atoms with Crippen molar-refractivity contribution in [3.05, 3.63) is 39.2 Å². The van der Waals surface area contributed by atoms with E-state index in [9.17, 15) is 9.90 Å². The molecule has 0 spiro atoms. The third-order valence-corrected chi connectivity index (χ3v) is 4.43. The Morgan fingerprint density at radius 3 is 2.55 bits per heavy atom. The fraction of sp³-hybridized carbons (Fsp3) is 0.471. The van der Waals surface area contributed by atoms with Gasteiger partial charge < -0.3 is 9.52 Å². The van der Waals surface area contributed by atoms with Crippen molar-refractivity contribution in [3.63, 3.8) is 0 Å². The molecule has 4 nitrogen and oxygen atoms in total. The molecule has 0 unspecified atom stereocenters. The number of aromatic hydroxyl groups is 1. The molecule has 5 heteroatoms. The van der Waals surface area contributed by atoms with Gasteiger partial charge in [0.15, 0.2) is 5.43 Å². The first-order valence-electron chi connectivity index (χ1n) is 7.55. The summed E-state index contributed by atoms with van der Waals surface area (Å²) in [6, 6.07) is 3.26. The van der Waals surface area contributed by atoms with E-state index in [4.69, 9.17) is 4.42 Å². The quantitative estimate of drug-likeness (QED) is 0.918. The molecule has 2 aromatic rings. The monoisotopic (exact) mass is 323 g/mol. The van der Waals surface area contributed by atoms with Crippen LogP contribution in [0.3, 0.4) is 0 Å². The molecule has 1 fully saturated rings. The summed E-state index contributed by atoms with van der Waals surface area (Å²) in [4.78, 5) is 14.7. The fourth-order valence-electron chi connectivity index (χ4n) is 3.00. The van der Waals surface area contributed by atoms with E-state index in [1.165, 1.54) is 19.3 Å². The minimum Gasteiger partial charge on any atom is -0.507 e. The van der Waals surface area contributed by atoms with Crippen molar-refractivity contribution in [1.29, 1.82) is 0 Å². The van der Waals surface area contributed by atoms with Crippen molar-refractivity contribution in [1.82, 2.24) is 4.90 Å². The van der Waals surface area contributed by atoms with Gasteiger partial charge in [-0.3, -0.25) is 9.69 Å². The molecule has 1 aromatic carbocycles. The van der Waals surface area contributed by atoms with Crippen LogP contribution in [0.4, 0.5) is 0 Å². The Morgan fingerprint density at radius 2 is 1.86 bits per heavy atom. The van der Waals surface area contributed by atoms with E-state index in [1.807, 2.05) is 0 Å². The normalized spacial score (nSPS) is 15.7. The third kappa shape index (κ3) is 2.99. The van der Waals surface area contributed by atoms with Crippen molar-refractivity contribution in [2.45, 2.75) is 39.7 Å². The van der Waals surface area contributed by atoms with Gasteiger partial charge in [0.2, 0.25) is 0 Å². The minimum absolute atomic E-state index is 0. The number of nitrogens with zero attached hydrogens (tertiary/aromatic N) is 1. The number of rotatable bonds is 2. The number of halogens is 1. The molecule has 1 aromatic heterocycles. The van der Waals surface area contributed by atoms with Crippen LogP contribution >= 0.6 is 12.4 Å². The highest BCUT2D eigenvalue weighted by Crippen LogP contribution is 2.29. The van der Waals surface area contributed by atoms with Crippen LogP contribution in [-0.4, -0.2) is 23.1 Å². The van der Waals surface area contributed by atoms with E-state index in [0.717, 1.165) is 18.7 Å². The van der Waals surface area contributed by atoms with Gasteiger partial charge in [-0.15, -0.1) is 12.4 Å². The van der Waals surface area contributed by atoms with Crippen molar-refractivity contribution < 1.29 is 9.52 Å². The molecular formula is C17H22ClNO3. The van der Waals surface area contributed by atoms with Crippen LogP contribution in [0.25, 0.3) is 11.0 Å². The average Bonchev–Trinajstić information content (AvgIpc) is 2.49. The van der Waals surface area contributed by atoms with Gasteiger partial charge in [-0.2, -0.15) is 0 Å². The van der Waals surface area contributed by atoms with E-state index in [-0.39, 0.29) is 23.6 Å². The molecule has 0 saturated carbocycles. The van der Waals surface area contributed by atoms with Crippen molar-refractivity contribution in [2.75, 3.05) is 13.1 Å². The average molecular weight is 324 g/mol. The highest BCUT2D eigenvalue weighted by Gasteiger charge is 2.18. The lowest BCUT2D eigenvalue weighted by Gasteiger charge is -2.26. The SMILES string of the molecule is Cc1oc2c(CN3CCCCC3)c(O)ccc2c(=O)c1C.Cl. The highest BCUT2D eigenvalue weighted by atomic mass is 35.5. The zero-order chi connectivity index (χ0) is 15.0. The van der Waals surface area contributed by atoms with Crippen LogP contribution in [0.1, 0.15) is 36.1 Å². The first-order chi connectivity index (χ1) is 10.1. The molecule has 0 atom stereocenters. The Hall–Kier alpha value is -1.52. The molecule has 0 bridgehead atoms. The molecule has 0 aliphatic carbocycles. The Balaban J connectivity index is 0.00000176. The summed E-state index contributed by atoms with van der Waals surface area (Å²) in [7, 11) is 0. The topological polar surface area (TPSA) is 53.7 Å². The predicted octanol–water partition coefficient (Wildman–Crippen LogP) is 3.52. The number of piperidine rings is 1. The van der Waals surface area contributed by atoms with Crippen LogP contribution < -0.4 is 5.43 Å². The number of hydrogen-bond acceptors (Lipinski definition) is 4. The minimum atomic E-state index is -0.00589. The molecule has 0 amide bonds. The van der Waals surface area contributed by atoms with Gasteiger partial charge in [0.25, 0.3) is 0 Å². The number of likely N-dealkylation sites (tertiary alicyclic amines) is 1. The van der Waals surface area contributed by atoms with Gasteiger partial charge in [-0.25, -0.2) is 0 Å². The summed E-state index contributed by atoms with van der Waals surface area (Å²) < 4.78 is 5.84. The second kappa shape index (κ2) is 6.71. The maximum absolute atomic E-state index is 12.3. The van der Waals surface area contributed by atoms with E-state index < -0.39 is 0 Å². The largest absolute Gasteiger partial charge is 0.507 e. The van der Waals surface area contributed by atoms with Crippen molar-refractivity contribution >= 4 is 23.4 Å². The molecule has 2 heterocycles. The molecule has 1 saturated heterocycles. The van der Waals surface area contributed by atoms with Crippen LogP contribution in [0, 0.1) is 13.8 Å². The molecule has 1 aliphatic rings. The fourth-order valence-corrected chi connectivity index (χ4v) is 3.00. The zero-order valence-electron chi connectivity index (χ0n) is 13.0. The van der Waals surface area contributed by atoms with Gasteiger partial charge in [-0.1, -0.05) is 6.42 Å². The smallest absolute Gasteiger partial charge is 0.195 e. The van der Waals surface area contributed by atoms with Crippen LogP contribution in [0.5, 0.6) is 5.75 Å². The van der Waals surface area contributed by atoms with Gasteiger partial charge in [0.05, 0.1) is 10.9 Å². The Morgan fingerprint density at radius 1 is 1.18 bits per heavy atom. The molecule has 1 N–H and O–H groups in total. The van der Waals surface area contributed by atoms with Crippen LogP contribution in [0.15, 0.2) is 21.3 Å². The maximum atomic E-state index is 12.3. The lowest BCUT2D eigenvalue weighted by atomic mass is 10.0. The van der Waals surface area contributed by atoms with E-state index in [1.54, 1.807) is 26.0 Å². The molecule has 120 valence electrons. The van der Waals surface area contributed by atoms with Gasteiger partial charge >= 0.3 is 0 Å². The van der Waals surface area contributed by atoms with E-state index >= 15 is 0 Å². The van der Waals surface area contributed by atoms with Gasteiger partial charge in [0.1, 0.15) is 17.1 Å². The van der Waals surface area contributed by atoms with Gasteiger partial charge in [0, 0.05) is 12.1 Å². The lowest BCUT2D eigenvalue weighted by molar-refractivity contribution is 0.218. The van der Waals surface area contributed by atoms with Crippen LogP contribution in [-0.2, 0) is 6.54 Å². The summed E-state index contributed by atoms with van der Waals surface area (Å²) in [6.45, 7) is 6.27. The highest BCUT2D eigenvalue weighted by molar-refractivity contribution is 5.85. The van der Waals surface area contributed by atoms with Crippen LogP contribution in [0.2, 0.25) is 0 Å². The lowest BCUT2D eigenvalue weighted by Crippen LogP contribution is -2.29. The molecule has 22 heavy (non-hydrogen) atoms. The number of phenolic OH excluding ortho intramolecular Hbond substituents is 1. The summed E-state index contributed by atoms with van der Waals surface area (Å²) in [5.41, 5.74) is 1.90.